The molecule has 112 valence electrons. The number of anilines is 2. The van der Waals surface area contributed by atoms with Gasteiger partial charge in [0, 0.05) is 38.9 Å². The van der Waals surface area contributed by atoms with Crippen LogP contribution in [0.15, 0.2) is 18.2 Å². The second-order valence-corrected chi connectivity index (χ2v) is 5.05. The van der Waals surface area contributed by atoms with Crippen LogP contribution >= 0.6 is 0 Å². The Labute approximate surface area is 125 Å². The highest BCUT2D eigenvalue weighted by Gasteiger charge is 2.21. The molecule has 0 saturated carbocycles. The third-order valence-electron chi connectivity index (χ3n) is 3.64. The predicted octanol–water partition coefficient (Wildman–Crippen LogP) is 1.27. The molecule has 1 saturated heterocycles. The molecule has 2 rings (SSSR count). The highest BCUT2D eigenvalue weighted by atomic mass is 16.5. The van der Waals surface area contributed by atoms with E-state index < -0.39 is 0 Å². The van der Waals surface area contributed by atoms with Crippen molar-refractivity contribution in [1.29, 1.82) is 0 Å². The van der Waals surface area contributed by atoms with Gasteiger partial charge in [-0.3, -0.25) is 0 Å². The molecule has 0 radical (unpaired) electrons. The molecule has 1 aliphatic rings. The lowest BCUT2D eigenvalue weighted by molar-refractivity contribution is 0.0557. The van der Waals surface area contributed by atoms with Gasteiger partial charge in [-0.25, -0.2) is 4.79 Å². The minimum Gasteiger partial charge on any atom is -0.449 e. The van der Waals surface area contributed by atoms with Crippen molar-refractivity contribution in [3.05, 3.63) is 23.8 Å². The van der Waals surface area contributed by atoms with Gasteiger partial charge in [-0.15, -0.1) is 6.42 Å². The van der Waals surface area contributed by atoms with Crippen LogP contribution in [0.3, 0.4) is 0 Å². The maximum Gasteiger partial charge on any atom is 0.341 e. The van der Waals surface area contributed by atoms with Crippen molar-refractivity contribution in [2.45, 2.75) is 0 Å². The number of piperazine rings is 1. The molecule has 1 N–H and O–H groups in total. The summed E-state index contributed by atoms with van der Waals surface area (Å²) in [5.74, 6) is 1.95. The van der Waals surface area contributed by atoms with E-state index in [1.54, 1.807) is 0 Å². The minimum absolute atomic E-state index is 0.00913. The number of benzene rings is 1. The summed E-state index contributed by atoms with van der Waals surface area (Å²) in [4.78, 5) is 16.7. The lowest BCUT2D eigenvalue weighted by Crippen LogP contribution is -2.45. The summed E-state index contributed by atoms with van der Waals surface area (Å²) < 4.78 is 5.09. The monoisotopic (exact) mass is 287 g/mol. The fourth-order valence-electron chi connectivity index (χ4n) is 2.36. The third-order valence-corrected chi connectivity index (χ3v) is 3.64. The first-order valence-electron chi connectivity index (χ1n) is 7.01. The molecule has 1 aliphatic heterocycles. The highest BCUT2D eigenvalue weighted by Crippen LogP contribution is 2.26. The Morgan fingerprint density at radius 3 is 2.71 bits per heavy atom. The van der Waals surface area contributed by atoms with Crippen molar-refractivity contribution >= 4 is 17.3 Å². The minimum atomic E-state index is -0.376. The first kappa shape index (κ1) is 15.2. The summed E-state index contributed by atoms with van der Waals surface area (Å²) in [6.07, 6.45) is 5.15. The molecule has 0 amide bonds. The van der Waals surface area contributed by atoms with E-state index in [1.807, 2.05) is 25.2 Å². The van der Waals surface area contributed by atoms with Crippen LogP contribution in [-0.4, -0.2) is 57.8 Å². The van der Waals surface area contributed by atoms with Crippen molar-refractivity contribution in [2.75, 3.05) is 57.1 Å². The maximum atomic E-state index is 12.2. The summed E-state index contributed by atoms with van der Waals surface area (Å²) in [7, 11) is 3.92. The average molecular weight is 287 g/mol. The Kier molecular flexibility index (Phi) is 5.07. The smallest absolute Gasteiger partial charge is 0.341 e. The second kappa shape index (κ2) is 7.00. The van der Waals surface area contributed by atoms with Gasteiger partial charge in [-0.1, -0.05) is 5.92 Å². The fraction of sp³-hybridized carbons (Fsp3) is 0.438. The van der Waals surface area contributed by atoms with Crippen molar-refractivity contribution in [3.8, 4) is 12.3 Å². The number of esters is 1. The van der Waals surface area contributed by atoms with Gasteiger partial charge in [-0.2, -0.15) is 0 Å². The third kappa shape index (κ3) is 3.67. The van der Waals surface area contributed by atoms with Gasteiger partial charge < -0.3 is 19.9 Å². The zero-order valence-corrected chi connectivity index (χ0v) is 12.6. The van der Waals surface area contributed by atoms with E-state index in [1.165, 1.54) is 0 Å². The number of rotatable bonds is 4. The number of carbonyl (C=O) groups excluding carboxylic acids is 1. The standard InChI is InChI=1S/C16H21N3O2/c1-4-11-21-16(20)14-12-13(17-2)5-6-15(14)19-9-7-18(3)8-10-19/h1,5-6,12,17H,7-11H2,2-3H3. The lowest BCUT2D eigenvalue weighted by Gasteiger charge is -2.35. The normalized spacial score (nSPS) is 15.4. The van der Waals surface area contributed by atoms with E-state index >= 15 is 0 Å². The number of ether oxygens (including phenoxy) is 1. The van der Waals surface area contributed by atoms with Crippen LogP contribution < -0.4 is 10.2 Å². The zero-order chi connectivity index (χ0) is 15.2. The van der Waals surface area contributed by atoms with Crippen LogP contribution in [0, 0.1) is 12.3 Å². The molecular formula is C16H21N3O2. The molecule has 0 atom stereocenters. The van der Waals surface area contributed by atoms with E-state index in [-0.39, 0.29) is 12.6 Å². The molecule has 0 bridgehead atoms. The Balaban J connectivity index is 2.27. The summed E-state index contributed by atoms with van der Waals surface area (Å²) >= 11 is 0. The predicted molar refractivity (Wildman–Crippen MR) is 84.8 cm³/mol. The maximum absolute atomic E-state index is 12.2. The van der Waals surface area contributed by atoms with E-state index in [9.17, 15) is 4.79 Å². The number of nitrogens with one attached hydrogen (secondary N) is 1. The summed E-state index contributed by atoms with van der Waals surface area (Å²) in [5, 5.41) is 3.04. The summed E-state index contributed by atoms with van der Waals surface area (Å²) in [5.41, 5.74) is 2.34. The van der Waals surface area contributed by atoms with Gasteiger partial charge in [0.1, 0.15) is 0 Å². The summed E-state index contributed by atoms with van der Waals surface area (Å²) in [6, 6.07) is 5.74. The molecule has 5 heteroatoms. The van der Waals surface area contributed by atoms with Gasteiger partial charge in [0.05, 0.1) is 11.3 Å². The van der Waals surface area contributed by atoms with E-state index in [2.05, 4.69) is 28.1 Å². The van der Waals surface area contributed by atoms with Crippen molar-refractivity contribution in [1.82, 2.24) is 4.90 Å². The molecule has 1 heterocycles. The van der Waals surface area contributed by atoms with Crippen LogP contribution in [0.1, 0.15) is 10.4 Å². The molecule has 0 aliphatic carbocycles. The summed E-state index contributed by atoms with van der Waals surface area (Å²) in [6.45, 7) is 3.74. The van der Waals surface area contributed by atoms with E-state index in [0.29, 0.717) is 5.56 Å². The van der Waals surface area contributed by atoms with Gasteiger partial charge >= 0.3 is 5.97 Å². The topological polar surface area (TPSA) is 44.8 Å². The number of likely N-dealkylation sites (N-methyl/N-ethyl adjacent to an activating group) is 1. The number of hydrogen-bond acceptors (Lipinski definition) is 5. The van der Waals surface area contributed by atoms with Crippen molar-refractivity contribution in [3.63, 3.8) is 0 Å². The molecule has 5 nitrogen and oxygen atoms in total. The van der Waals surface area contributed by atoms with E-state index in [0.717, 1.165) is 37.6 Å². The van der Waals surface area contributed by atoms with Gasteiger partial charge in [-0.05, 0) is 25.2 Å². The molecule has 0 unspecified atom stereocenters. The first-order valence-corrected chi connectivity index (χ1v) is 7.01. The van der Waals surface area contributed by atoms with Gasteiger partial charge in [0.15, 0.2) is 6.61 Å². The Morgan fingerprint density at radius 2 is 2.10 bits per heavy atom. The van der Waals surface area contributed by atoms with Crippen LogP contribution in [0.25, 0.3) is 0 Å². The Hall–Kier alpha value is -2.19. The molecule has 0 spiro atoms. The van der Waals surface area contributed by atoms with Gasteiger partial charge in [0.25, 0.3) is 0 Å². The Bertz CT molecular complexity index is 543. The van der Waals surface area contributed by atoms with Crippen LogP contribution in [0.2, 0.25) is 0 Å². The molecule has 1 aromatic rings. The fourth-order valence-corrected chi connectivity index (χ4v) is 2.36. The SMILES string of the molecule is C#CCOC(=O)c1cc(NC)ccc1N1CCN(C)CC1. The highest BCUT2D eigenvalue weighted by molar-refractivity contribution is 5.97. The second-order valence-electron chi connectivity index (χ2n) is 5.05. The van der Waals surface area contributed by atoms with Crippen LogP contribution in [0.5, 0.6) is 0 Å². The first-order chi connectivity index (χ1) is 10.2. The molecule has 21 heavy (non-hydrogen) atoms. The van der Waals surface area contributed by atoms with Crippen LogP contribution in [0.4, 0.5) is 11.4 Å². The lowest BCUT2D eigenvalue weighted by atomic mass is 10.1. The molecule has 1 aromatic carbocycles. The molecular weight excluding hydrogens is 266 g/mol. The molecule has 0 aromatic heterocycles. The number of terminal acetylenes is 1. The van der Waals surface area contributed by atoms with Gasteiger partial charge in [0.2, 0.25) is 0 Å². The average Bonchev–Trinajstić information content (AvgIpc) is 2.52. The van der Waals surface area contributed by atoms with Crippen molar-refractivity contribution in [2.24, 2.45) is 0 Å². The van der Waals surface area contributed by atoms with Crippen molar-refractivity contribution < 1.29 is 9.53 Å². The largest absolute Gasteiger partial charge is 0.449 e. The van der Waals surface area contributed by atoms with E-state index in [4.69, 9.17) is 11.2 Å². The zero-order valence-electron chi connectivity index (χ0n) is 12.6. The number of carbonyl (C=O) groups is 1. The quantitative estimate of drug-likeness (QED) is 0.667. The Morgan fingerprint density at radius 1 is 1.38 bits per heavy atom. The number of nitrogens with zero attached hydrogens (tertiary/aromatic N) is 2. The van der Waals surface area contributed by atoms with Crippen LogP contribution in [-0.2, 0) is 4.74 Å². The molecule has 1 fully saturated rings. The number of hydrogen-bond donors (Lipinski definition) is 1.